The van der Waals surface area contributed by atoms with E-state index in [1.54, 1.807) is 24.3 Å². The first-order valence-electron chi connectivity index (χ1n) is 8.66. The Labute approximate surface area is 170 Å². The molecule has 0 bridgehead atoms. The third kappa shape index (κ3) is 4.64. The molecule has 4 rings (SSSR count). The molecule has 9 nitrogen and oxygen atoms in total. The lowest BCUT2D eigenvalue weighted by Gasteiger charge is -2.00. The van der Waals surface area contributed by atoms with E-state index >= 15 is 0 Å². The first-order valence-corrected chi connectivity index (χ1v) is 9.03. The molecule has 0 aliphatic carbocycles. The molecule has 0 saturated heterocycles. The Hall–Kier alpha value is -3.59. The highest BCUT2D eigenvalue weighted by Gasteiger charge is 2.14. The number of aryl methyl sites for hydroxylation is 1. The fourth-order valence-electron chi connectivity index (χ4n) is 2.49. The van der Waals surface area contributed by atoms with Crippen LogP contribution < -0.4 is 0 Å². The minimum absolute atomic E-state index is 0.161. The summed E-state index contributed by atoms with van der Waals surface area (Å²) in [6, 6.07) is 14.7. The smallest absolute Gasteiger partial charge is 0.330 e. The Bertz CT molecular complexity index is 1140. The molecule has 0 atom stereocenters. The molecule has 0 saturated carbocycles. The molecule has 4 aromatic rings. The van der Waals surface area contributed by atoms with Crippen molar-refractivity contribution in [3.8, 4) is 22.8 Å². The van der Waals surface area contributed by atoms with E-state index in [0.717, 1.165) is 11.1 Å². The van der Waals surface area contributed by atoms with E-state index in [9.17, 15) is 4.79 Å². The third-order valence-electron chi connectivity index (χ3n) is 3.94. The highest BCUT2D eigenvalue weighted by molar-refractivity contribution is 6.30. The van der Waals surface area contributed by atoms with Gasteiger partial charge in [0.05, 0.1) is 0 Å². The average Bonchev–Trinajstić information content (AvgIpc) is 3.37. The molecule has 0 radical (unpaired) electrons. The van der Waals surface area contributed by atoms with Crippen molar-refractivity contribution in [1.82, 2.24) is 30.3 Å². The zero-order valence-electron chi connectivity index (χ0n) is 15.3. The number of hydrogen-bond acceptors (Lipinski definition) is 8. The molecule has 2 aromatic carbocycles. The van der Waals surface area contributed by atoms with E-state index in [4.69, 9.17) is 20.9 Å². The molecule has 0 amide bonds. The molecule has 10 heteroatoms. The minimum atomic E-state index is -0.555. The second kappa shape index (κ2) is 8.19. The van der Waals surface area contributed by atoms with Gasteiger partial charge in [-0.15, -0.1) is 10.2 Å². The molecule has 0 spiro atoms. The second-order valence-corrected chi connectivity index (χ2v) is 6.63. The van der Waals surface area contributed by atoms with Crippen LogP contribution >= 0.6 is 11.6 Å². The quantitative estimate of drug-likeness (QED) is 0.446. The van der Waals surface area contributed by atoms with Crippen molar-refractivity contribution >= 4 is 17.6 Å². The summed E-state index contributed by atoms with van der Waals surface area (Å²) in [7, 11) is 0. The SMILES string of the molecule is Cc1ccc(-c2nnn(CC(=O)OCc3nc(-c4cccc(Cl)c4)no3)n2)cc1. The fourth-order valence-corrected chi connectivity index (χ4v) is 2.68. The number of aromatic nitrogens is 6. The molecule has 2 aromatic heterocycles. The van der Waals surface area contributed by atoms with Crippen molar-refractivity contribution in [2.24, 2.45) is 0 Å². The van der Waals surface area contributed by atoms with Gasteiger partial charge >= 0.3 is 5.97 Å². The summed E-state index contributed by atoms with van der Waals surface area (Å²) in [6.07, 6.45) is 0. The highest BCUT2D eigenvalue weighted by Crippen LogP contribution is 2.20. The molecule has 29 heavy (non-hydrogen) atoms. The lowest BCUT2D eigenvalue weighted by atomic mass is 10.1. The molecule has 0 N–H and O–H groups in total. The van der Waals surface area contributed by atoms with Gasteiger partial charge < -0.3 is 9.26 Å². The van der Waals surface area contributed by atoms with Crippen molar-refractivity contribution < 1.29 is 14.1 Å². The molecular weight excluding hydrogens is 396 g/mol. The van der Waals surface area contributed by atoms with Gasteiger partial charge in [-0.25, -0.2) is 4.79 Å². The number of esters is 1. The maximum absolute atomic E-state index is 12.0. The number of nitrogens with zero attached hydrogens (tertiary/aromatic N) is 6. The zero-order chi connectivity index (χ0) is 20.2. The second-order valence-electron chi connectivity index (χ2n) is 6.19. The Morgan fingerprint density at radius 2 is 1.97 bits per heavy atom. The number of benzene rings is 2. The Morgan fingerprint density at radius 3 is 2.76 bits per heavy atom. The average molecular weight is 411 g/mol. The number of carbonyl (C=O) groups is 1. The van der Waals surface area contributed by atoms with Gasteiger partial charge in [-0.1, -0.05) is 58.7 Å². The predicted molar refractivity (Wildman–Crippen MR) is 103 cm³/mol. The van der Waals surface area contributed by atoms with Gasteiger partial charge in [-0.2, -0.15) is 9.78 Å². The van der Waals surface area contributed by atoms with Crippen molar-refractivity contribution in [2.45, 2.75) is 20.1 Å². The van der Waals surface area contributed by atoms with Crippen LogP contribution in [-0.4, -0.2) is 36.3 Å². The molecule has 146 valence electrons. The summed E-state index contributed by atoms with van der Waals surface area (Å²) >= 11 is 5.95. The summed E-state index contributed by atoms with van der Waals surface area (Å²) in [4.78, 5) is 17.4. The number of tetrazole rings is 1. The van der Waals surface area contributed by atoms with Crippen LogP contribution in [0.1, 0.15) is 11.5 Å². The number of carbonyl (C=O) groups excluding carboxylic acids is 1. The molecule has 0 aliphatic rings. The van der Waals surface area contributed by atoms with E-state index in [2.05, 4.69) is 25.6 Å². The molecular formula is C19H15ClN6O3. The first-order chi connectivity index (χ1) is 14.1. The standard InChI is InChI=1S/C19H15ClN6O3/c1-12-5-7-13(8-6-12)19-22-25-26(23-19)10-17(27)28-11-16-21-18(24-29-16)14-3-2-4-15(20)9-14/h2-9H,10-11H2,1H3. The van der Waals surface area contributed by atoms with Gasteiger partial charge in [0.25, 0.3) is 5.89 Å². The number of rotatable bonds is 6. The first kappa shape index (κ1) is 18.8. The van der Waals surface area contributed by atoms with Crippen LogP contribution in [0.15, 0.2) is 53.1 Å². The number of halogens is 1. The van der Waals surface area contributed by atoms with Gasteiger partial charge in [0.2, 0.25) is 11.6 Å². The predicted octanol–water partition coefficient (Wildman–Crippen LogP) is 3.10. The summed E-state index contributed by atoms with van der Waals surface area (Å²) in [6.45, 7) is 1.64. The van der Waals surface area contributed by atoms with Gasteiger partial charge in [0, 0.05) is 16.1 Å². The van der Waals surface area contributed by atoms with Crippen molar-refractivity contribution in [2.75, 3.05) is 0 Å². The van der Waals surface area contributed by atoms with E-state index in [1.165, 1.54) is 4.80 Å². The van der Waals surface area contributed by atoms with Gasteiger partial charge in [-0.05, 0) is 24.3 Å². The molecule has 2 heterocycles. The van der Waals surface area contributed by atoms with Crippen LogP contribution in [0.3, 0.4) is 0 Å². The van der Waals surface area contributed by atoms with Gasteiger partial charge in [0.15, 0.2) is 13.2 Å². The number of ether oxygens (including phenoxy) is 1. The van der Waals surface area contributed by atoms with Crippen molar-refractivity contribution in [1.29, 1.82) is 0 Å². The van der Waals surface area contributed by atoms with Crippen LogP contribution in [0.4, 0.5) is 0 Å². The Kier molecular flexibility index (Phi) is 5.30. The lowest BCUT2D eigenvalue weighted by molar-refractivity contribution is -0.147. The summed E-state index contributed by atoms with van der Waals surface area (Å²) in [5, 5.41) is 16.4. The minimum Gasteiger partial charge on any atom is -0.454 e. The van der Waals surface area contributed by atoms with E-state index in [1.807, 2.05) is 31.2 Å². The van der Waals surface area contributed by atoms with Gasteiger partial charge in [0.1, 0.15) is 0 Å². The summed E-state index contributed by atoms with van der Waals surface area (Å²) < 4.78 is 10.2. The van der Waals surface area contributed by atoms with Crippen LogP contribution in [0.5, 0.6) is 0 Å². The number of hydrogen-bond donors (Lipinski definition) is 0. The molecule has 0 fully saturated rings. The summed E-state index contributed by atoms with van der Waals surface area (Å²) in [5.74, 6) is 0.403. The topological polar surface area (TPSA) is 109 Å². The third-order valence-corrected chi connectivity index (χ3v) is 4.18. The van der Waals surface area contributed by atoms with Crippen LogP contribution in [0.2, 0.25) is 5.02 Å². The van der Waals surface area contributed by atoms with Crippen LogP contribution in [-0.2, 0) is 22.7 Å². The lowest BCUT2D eigenvalue weighted by Crippen LogP contribution is -2.15. The van der Waals surface area contributed by atoms with E-state index in [-0.39, 0.29) is 19.0 Å². The summed E-state index contributed by atoms with van der Waals surface area (Å²) in [5.41, 5.74) is 2.65. The largest absolute Gasteiger partial charge is 0.454 e. The highest BCUT2D eigenvalue weighted by atomic mass is 35.5. The normalized spacial score (nSPS) is 10.8. The fraction of sp³-hybridized carbons (Fsp3) is 0.158. The van der Waals surface area contributed by atoms with Crippen LogP contribution in [0.25, 0.3) is 22.8 Å². The zero-order valence-corrected chi connectivity index (χ0v) is 16.1. The Balaban J connectivity index is 1.33. The molecule has 0 aliphatic heterocycles. The van der Waals surface area contributed by atoms with E-state index in [0.29, 0.717) is 22.2 Å². The monoisotopic (exact) mass is 410 g/mol. The van der Waals surface area contributed by atoms with Crippen molar-refractivity contribution in [3.63, 3.8) is 0 Å². The maximum atomic E-state index is 12.0. The maximum Gasteiger partial charge on any atom is 0.330 e. The van der Waals surface area contributed by atoms with Crippen molar-refractivity contribution in [3.05, 3.63) is 65.0 Å². The van der Waals surface area contributed by atoms with E-state index < -0.39 is 5.97 Å². The van der Waals surface area contributed by atoms with Gasteiger partial charge in [-0.3, -0.25) is 0 Å². The Morgan fingerprint density at radius 1 is 1.14 bits per heavy atom. The molecule has 0 unspecified atom stereocenters. The van der Waals surface area contributed by atoms with Crippen LogP contribution in [0, 0.1) is 6.92 Å².